The van der Waals surface area contributed by atoms with Crippen LogP contribution in [-0.4, -0.2) is 24.8 Å². The summed E-state index contributed by atoms with van der Waals surface area (Å²) >= 11 is 1.51. The molecule has 1 aromatic carbocycles. The first-order valence-electron chi connectivity index (χ1n) is 5.98. The topological polar surface area (TPSA) is 90.0 Å². The van der Waals surface area contributed by atoms with Gasteiger partial charge in [-0.1, -0.05) is 0 Å². The Morgan fingerprint density at radius 3 is 2.52 bits per heavy atom. The van der Waals surface area contributed by atoms with Crippen LogP contribution in [0, 0.1) is 10.1 Å². The molecule has 21 heavy (non-hydrogen) atoms. The van der Waals surface area contributed by atoms with Crippen LogP contribution in [-0.2, 0) is 6.54 Å². The van der Waals surface area contributed by atoms with Crippen LogP contribution < -0.4 is 5.01 Å². The molecule has 3 aromatic rings. The van der Waals surface area contributed by atoms with Crippen LogP contribution in [0.25, 0.3) is 0 Å². The van der Waals surface area contributed by atoms with E-state index in [2.05, 4.69) is 15.2 Å². The van der Waals surface area contributed by atoms with E-state index in [4.69, 9.17) is 0 Å². The zero-order chi connectivity index (χ0) is 14.7. The molecule has 8 nitrogen and oxygen atoms in total. The molecule has 3 rings (SSSR count). The Bertz CT molecular complexity index is 711. The molecule has 0 aliphatic rings. The van der Waals surface area contributed by atoms with E-state index < -0.39 is 4.92 Å². The van der Waals surface area contributed by atoms with Gasteiger partial charge in [-0.3, -0.25) is 15.1 Å². The van der Waals surface area contributed by atoms with Gasteiger partial charge in [-0.25, -0.2) is 9.66 Å². The van der Waals surface area contributed by atoms with Gasteiger partial charge >= 0.3 is 0 Å². The minimum Gasteiger partial charge on any atom is -0.273 e. The van der Waals surface area contributed by atoms with Gasteiger partial charge < -0.3 is 0 Å². The van der Waals surface area contributed by atoms with Crippen molar-refractivity contribution in [2.75, 3.05) is 5.01 Å². The molecule has 106 valence electrons. The Labute approximate surface area is 123 Å². The highest BCUT2D eigenvalue weighted by atomic mass is 32.1. The van der Waals surface area contributed by atoms with Crippen molar-refractivity contribution in [1.29, 1.82) is 0 Å². The number of hydrogen-bond donors (Lipinski definition) is 0. The van der Waals surface area contributed by atoms with Gasteiger partial charge in [0.1, 0.15) is 12.7 Å². The Hall–Kier alpha value is -2.81. The summed E-state index contributed by atoms with van der Waals surface area (Å²) in [6.45, 7) is 0.513. The summed E-state index contributed by atoms with van der Waals surface area (Å²) in [5.74, 6) is 0. The van der Waals surface area contributed by atoms with Crippen LogP contribution in [0.4, 0.5) is 11.4 Å². The van der Waals surface area contributed by atoms with E-state index in [-0.39, 0.29) is 5.69 Å². The van der Waals surface area contributed by atoms with E-state index in [0.717, 1.165) is 11.4 Å². The molecular weight excluding hydrogens is 292 g/mol. The number of nitro benzene ring substituents is 1. The number of nitrogens with zero attached hydrogens (tertiary/aromatic N) is 6. The zero-order valence-corrected chi connectivity index (χ0v) is 11.6. The molecule has 0 amide bonds. The first-order chi connectivity index (χ1) is 10.2. The van der Waals surface area contributed by atoms with Crippen LogP contribution in [0.5, 0.6) is 0 Å². The summed E-state index contributed by atoms with van der Waals surface area (Å²) < 4.78 is 1.71. The number of thiazole rings is 1. The molecule has 0 saturated carbocycles. The van der Waals surface area contributed by atoms with Crippen LogP contribution >= 0.6 is 11.3 Å². The summed E-state index contributed by atoms with van der Waals surface area (Å²) in [5.41, 5.74) is 3.49. The summed E-state index contributed by atoms with van der Waals surface area (Å²) in [6, 6.07) is 6.30. The lowest BCUT2D eigenvalue weighted by atomic mass is 10.2. The number of non-ortho nitro benzene ring substituents is 1. The summed E-state index contributed by atoms with van der Waals surface area (Å²) in [7, 11) is 0. The normalized spacial score (nSPS) is 10.5. The zero-order valence-electron chi connectivity index (χ0n) is 10.7. The Kier molecular flexibility index (Phi) is 3.56. The first-order valence-corrected chi connectivity index (χ1v) is 6.92. The number of anilines is 1. The third-order valence-corrected chi connectivity index (χ3v) is 3.47. The fraction of sp³-hybridized carbons (Fsp3) is 0.0833. The molecule has 0 atom stereocenters. The molecule has 0 fully saturated rings. The van der Waals surface area contributed by atoms with Gasteiger partial charge in [0.2, 0.25) is 0 Å². The summed E-state index contributed by atoms with van der Waals surface area (Å²) in [5, 5.41) is 22.1. The SMILES string of the molecule is O=[N+]([O-])c1ccc(N(Cc2cscn2)n2cnnc2)cc1. The molecule has 0 unspecified atom stereocenters. The van der Waals surface area contributed by atoms with Crippen LogP contribution in [0.2, 0.25) is 0 Å². The van der Waals surface area contributed by atoms with Crippen molar-refractivity contribution in [3.05, 3.63) is 63.6 Å². The molecule has 0 N–H and O–H groups in total. The van der Waals surface area contributed by atoms with Gasteiger partial charge in [-0.2, -0.15) is 0 Å². The van der Waals surface area contributed by atoms with Crippen LogP contribution in [0.1, 0.15) is 5.69 Å². The number of rotatable bonds is 5. The van der Waals surface area contributed by atoms with Gasteiger partial charge in [-0.05, 0) is 12.1 Å². The highest BCUT2D eigenvalue weighted by Gasteiger charge is 2.13. The number of nitro groups is 1. The van der Waals surface area contributed by atoms with Crippen molar-refractivity contribution >= 4 is 22.7 Å². The lowest BCUT2D eigenvalue weighted by Gasteiger charge is -2.23. The quantitative estimate of drug-likeness (QED) is 0.529. The van der Waals surface area contributed by atoms with Crippen LogP contribution in [0.15, 0.2) is 47.8 Å². The largest absolute Gasteiger partial charge is 0.273 e. The Morgan fingerprint density at radius 1 is 1.24 bits per heavy atom. The maximum atomic E-state index is 10.7. The van der Waals surface area contributed by atoms with Crippen molar-refractivity contribution in [2.24, 2.45) is 0 Å². The van der Waals surface area contributed by atoms with Crippen LogP contribution in [0.3, 0.4) is 0 Å². The third-order valence-electron chi connectivity index (χ3n) is 2.84. The molecule has 0 spiro atoms. The van der Waals surface area contributed by atoms with E-state index in [1.165, 1.54) is 23.5 Å². The van der Waals surface area contributed by atoms with Gasteiger partial charge in [0.15, 0.2) is 0 Å². The Morgan fingerprint density at radius 2 is 1.95 bits per heavy atom. The van der Waals surface area contributed by atoms with Crippen molar-refractivity contribution in [3.63, 3.8) is 0 Å². The predicted octanol–water partition coefficient (Wildman–Crippen LogP) is 2.11. The molecule has 0 saturated heterocycles. The van der Waals surface area contributed by atoms with Crippen molar-refractivity contribution < 1.29 is 4.92 Å². The molecular formula is C12H10N6O2S. The van der Waals surface area contributed by atoms with Gasteiger partial charge in [-0.15, -0.1) is 21.5 Å². The predicted molar refractivity (Wildman–Crippen MR) is 76.8 cm³/mol. The van der Waals surface area contributed by atoms with E-state index in [1.807, 2.05) is 10.4 Å². The number of aromatic nitrogens is 4. The first kappa shape index (κ1) is 13.2. The van der Waals surface area contributed by atoms with Crippen molar-refractivity contribution in [2.45, 2.75) is 6.54 Å². The molecule has 2 aromatic heterocycles. The summed E-state index contributed by atoms with van der Waals surface area (Å²) in [4.78, 5) is 14.6. The maximum Gasteiger partial charge on any atom is 0.269 e. The lowest BCUT2D eigenvalue weighted by molar-refractivity contribution is -0.384. The monoisotopic (exact) mass is 302 g/mol. The highest BCUT2D eigenvalue weighted by Crippen LogP contribution is 2.21. The van der Waals surface area contributed by atoms with Crippen molar-refractivity contribution in [1.82, 2.24) is 19.9 Å². The molecule has 2 heterocycles. The van der Waals surface area contributed by atoms with Gasteiger partial charge in [0, 0.05) is 17.5 Å². The van der Waals surface area contributed by atoms with Crippen molar-refractivity contribution in [3.8, 4) is 0 Å². The highest BCUT2D eigenvalue weighted by molar-refractivity contribution is 7.07. The van der Waals surface area contributed by atoms with Gasteiger partial charge in [0.25, 0.3) is 5.69 Å². The smallest absolute Gasteiger partial charge is 0.269 e. The standard InChI is InChI=1S/C12H10N6O2S/c19-18(20)12-3-1-11(2-4-12)17(16-7-14-15-8-16)5-10-6-21-9-13-10/h1-4,6-9H,5H2. The van der Waals surface area contributed by atoms with E-state index >= 15 is 0 Å². The molecule has 0 aliphatic carbocycles. The molecule has 0 aliphatic heterocycles. The fourth-order valence-corrected chi connectivity index (χ4v) is 2.39. The second-order valence-corrected chi connectivity index (χ2v) is 4.87. The van der Waals surface area contributed by atoms with Gasteiger partial charge in [0.05, 0.1) is 28.4 Å². The van der Waals surface area contributed by atoms with E-state index in [1.54, 1.807) is 35.0 Å². The average Bonchev–Trinajstić information content (AvgIpc) is 3.18. The molecule has 9 heteroatoms. The Balaban J connectivity index is 1.93. The second-order valence-electron chi connectivity index (χ2n) is 4.15. The fourth-order valence-electron chi connectivity index (χ4n) is 1.84. The number of benzene rings is 1. The third kappa shape index (κ3) is 2.87. The lowest BCUT2D eigenvalue weighted by Crippen LogP contribution is -2.27. The van der Waals surface area contributed by atoms with E-state index in [0.29, 0.717) is 6.54 Å². The van der Waals surface area contributed by atoms with E-state index in [9.17, 15) is 10.1 Å². The molecule has 0 radical (unpaired) electrons. The maximum absolute atomic E-state index is 10.7. The second kappa shape index (κ2) is 5.67. The molecule has 0 bridgehead atoms. The minimum atomic E-state index is -0.423. The summed E-state index contributed by atoms with van der Waals surface area (Å²) in [6.07, 6.45) is 3.13. The number of hydrogen-bond acceptors (Lipinski definition) is 7. The minimum absolute atomic E-state index is 0.0520. The average molecular weight is 302 g/mol.